The molecule has 2 nitrogen and oxygen atoms in total. The maximum Gasteiger partial charge on any atom is 0.206 e. The molecular formula is C4H12BN2. The molecule has 0 aliphatic carbocycles. The molecule has 41 valence electrons. The first-order valence-corrected chi connectivity index (χ1v) is 2.55. The molecular weight excluding hydrogens is 86.9 g/mol. The van der Waals surface area contributed by atoms with Crippen molar-refractivity contribution in [2.45, 2.75) is 6.32 Å². The first-order chi connectivity index (χ1) is 3.41. The van der Waals surface area contributed by atoms with Gasteiger partial charge in [0.2, 0.25) is 7.41 Å². The van der Waals surface area contributed by atoms with E-state index in [0.717, 1.165) is 12.9 Å². The zero-order valence-corrected chi connectivity index (χ0v) is 4.99. The summed E-state index contributed by atoms with van der Waals surface area (Å²) in [5.41, 5.74) is 0. The minimum absolute atomic E-state index is 1.06. The summed E-state index contributed by atoms with van der Waals surface area (Å²) in [5.74, 6) is 0. The Kier molecular flexibility index (Phi) is 5.97. The predicted octanol–water partition coefficient (Wildman–Crippen LogP) is -0.537. The number of hydrogen-bond donors (Lipinski definition) is 2. The Morgan fingerprint density at radius 2 is 2.14 bits per heavy atom. The van der Waals surface area contributed by atoms with Crippen molar-refractivity contribution in [3.63, 3.8) is 0 Å². The van der Waals surface area contributed by atoms with E-state index in [0.29, 0.717) is 0 Å². The van der Waals surface area contributed by atoms with Gasteiger partial charge in [-0.2, -0.15) is 0 Å². The highest BCUT2D eigenvalue weighted by molar-refractivity contribution is 6.31. The maximum absolute atomic E-state index is 3.03. The summed E-state index contributed by atoms with van der Waals surface area (Å²) in [4.78, 5) is 0. The first-order valence-electron chi connectivity index (χ1n) is 2.55. The summed E-state index contributed by atoms with van der Waals surface area (Å²) in [6.45, 7) is 1.06. The van der Waals surface area contributed by atoms with Crippen LogP contribution < -0.4 is 10.5 Å². The monoisotopic (exact) mass is 99.1 g/mol. The van der Waals surface area contributed by atoms with Crippen LogP contribution in [0.2, 0.25) is 6.32 Å². The number of nitrogens with one attached hydrogen (secondary N) is 2. The van der Waals surface area contributed by atoms with Crippen LogP contribution in [-0.4, -0.2) is 28.1 Å². The van der Waals surface area contributed by atoms with Gasteiger partial charge < -0.3 is 10.5 Å². The van der Waals surface area contributed by atoms with E-state index in [9.17, 15) is 0 Å². The molecule has 2 N–H and O–H groups in total. The average Bonchev–Trinajstić information content (AvgIpc) is 1.69. The molecule has 0 spiro atoms. The highest BCUT2D eigenvalue weighted by atomic mass is 14.8. The van der Waals surface area contributed by atoms with Gasteiger partial charge in [0, 0.05) is 0 Å². The SMILES string of the molecule is CN[B]CCNC. The van der Waals surface area contributed by atoms with Gasteiger partial charge in [-0.1, -0.05) is 6.32 Å². The second kappa shape index (κ2) is 5.98. The Morgan fingerprint density at radius 1 is 1.43 bits per heavy atom. The van der Waals surface area contributed by atoms with Crippen LogP contribution in [-0.2, 0) is 0 Å². The lowest BCUT2D eigenvalue weighted by Crippen LogP contribution is -2.18. The van der Waals surface area contributed by atoms with Crippen LogP contribution >= 0.6 is 0 Å². The molecule has 0 rings (SSSR count). The molecule has 0 aliphatic heterocycles. The van der Waals surface area contributed by atoms with E-state index in [1.54, 1.807) is 0 Å². The molecule has 0 fully saturated rings. The second-order valence-electron chi connectivity index (χ2n) is 1.39. The van der Waals surface area contributed by atoms with Gasteiger partial charge in [-0.3, -0.25) is 0 Å². The lowest BCUT2D eigenvalue weighted by Gasteiger charge is -1.92. The third kappa shape index (κ3) is 5.98. The van der Waals surface area contributed by atoms with Crippen LogP contribution in [0, 0.1) is 0 Å². The maximum atomic E-state index is 3.03. The molecule has 0 bridgehead atoms. The van der Waals surface area contributed by atoms with Crippen LogP contribution in [0.4, 0.5) is 0 Å². The minimum atomic E-state index is 1.06. The Labute approximate surface area is 45.9 Å². The lowest BCUT2D eigenvalue weighted by molar-refractivity contribution is 0.854. The normalized spacial score (nSPS) is 8.86. The van der Waals surface area contributed by atoms with Gasteiger partial charge >= 0.3 is 0 Å². The largest absolute Gasteiger partial charge is 0.363 e. The Morgan fingerprint density at radius 3 is 2.57 bits per heavy atom. The molecule has 0 atom stereocenters. The highest BCUT2D eigenvalue weighted by Gasteiger charge is 1.81. The third-order valence-electron chi connectivity index (χ3n) is 0.743. The van der Waals surface area contributed by atoms with Crippen LogP contribution in [0.1, 0.15) is 0 Å². The summed E-state index contributed by atoms with van der Waals surface area (Å²) in [7, 11) is 5.88. The van der Waals surface area contributed by atoms with Crippen LogP contribution in [0.25, 0.3) is 0 Å². The second-order valence-corrected chi connectivity index (χ2v) is 1.39. The summed E-state index contributed by atoms with van der Waals surface area (Å²) in [5, 5.41) is 5.97. The zero-order chi connectivity index (χ0) is 5.54. The van der Waals surface area contributed by atoms with Crippen molar-refractivity contribution in [1.82, 2.24) is 10.5 Å². The molecule has 0 saturated heterocycles. The molecule has 0 aromatic rings. The van der Waals surface area contributed by atoms with E-state index in [4.69, 9.17) is 0 Å². The van der Waals surface area contributed by atoms with Crippen molar-refractivity contribution in [2.24, 2.45) is 0 Å². The summed E-state index contributed by atoms with van der Waals surface area (Å²) < 4.78 is 0. The quantitative estimate of drug-likeness (QED) is 0.365. The van der Waals surface area contributed by atoms with E-state index in [1.807, 2.05) is 21.5 Å². The summed E-state index contributed by atoms with van der Waals surface area (Å²) >= 11 is 0. The fourth-order valence-electron chi connectivity index (χ4n) is 0.361. The molecule has 1 radical (unpaired) electrons. The minimum Gasteiger partial charge on any atom is -0.363 e. The van der Waals surface area contributed by atoms with Gasteiger partial charge in [-0.15, -0.1) is 0 Å². The summed E-state index contributed by atoms with van der Waals surface area (Å²) in [6, 6.07) is 0. The summed E-state index contributed by atoms with van der Waals surface area (Å²) in [6.07, 6.45) is 1.09. The first kappa shape index (κ1) is 6.98. The van der Waals surface area contributed by atoms with E-state index >= 15 is 0 Å². The van der Waals surface area contributed by atoms with Crippen LogP contribution in [0.15, 0.2) is 0 Å². The predicted molar refractivity (Wildman–Crippen MR) is 33.5 cm³/mol. The Balaban J connectivity index is 2.45. The van der Waals surface area contributed by atoms with Crippen molar-refractivity contribution in [1.29, 1.82) is 0 Å². The number of rotatable bonds is 4. The smallest absolute Gasteiger partial charge is 0.206 e. The molecule has 0 aromatic heterocycles. The molecule has 0 aromatic carbocycles. The third-order valence-corrected chi connectivity index (χ3v) is 0.743. The van der Waals surface area contributed by atoms with E-state index < -0.39 is 0 Å². The molecule has 0 saturated carbocycles. The Hall–Kier alpha value is -0.0151. The van der Waals surface area contributed by atoms with Crippen molar-refractivity contribution >= 4 is 7.41 Å². The lowest BCUT2D eigenvalue weighted by atomic mass is 9.90. The van der Waals surface area contributed by atoms with Gasteiger partial charge in [0.1, 0.15) is 0 Å². The van der Waals surface area contributed by atoms with Gasteiger partial charge in [0.15, 0.2) is 0 Å². The molecule has 3 heteroatoms. The topological polar surface area (TPSA) is 24.1 Å². The van der Waals surface area contributed by atoms with E-state index in [-0.39, 0.29) is 0 Å². The van der Waals surface area contributed by atoms with E-state index in [2.05, 4.69) is 10.5 Å². The molecule has 0 unspecified atom stereocenters. The molecule has 0 aliphatic rings. The highest BCUT2D eigenvalue weighted by Crippen LogP contribution is 1.66. The average molecular weight is 99.0 g/mol. The van der Waals surface area contributed by atoms with Crippen LogP contribution in [0.5, 0.6) is 0 Å². The van der Waals surface area contributed by atoms with E-state index in [1.165, 1.54) is 0 Å². The van der Waals surface area contributed by atoms with Gasteiger partial charge in [0.05, 0.1) is 0 Å². The molecule has 7 heavy (non-hydrogen) atoms. The molecule has 0 amide bonds. The zero-order valence-electron chi connectivity index (χ0n) is 4.99. The van der Waals surface area contributed by atoms with Crippen molar-refractivity contribution in [3.05, 3.63) is 0 Å². The van der Waals surface area contributed by atoms with Gasteiger partial charge in [0.25, 0.3) is 0 Å². The van der Waals surface area contributed by atoms with Crippen molar-refractivity contribution in [3.8, 4) is 0 Å². The van der Waals surface area contributed by atoms with Crippen molar-refractivity contribution in [2.75, 3.05) is 20.6 Å². The van der Waals surface area contributed by atoms with Gasteiger partial charge in [-0.05, 0) is 20.6 Å². The fraction of sp³-hybridized carbons (Fsp3) is 1.00. The van der Waals surface area contributed by atoms with Gasteiger partial charge in [-0.25, -0.2) is 0 Å². The Bertz CT molecular complexity index is 28.9. The van der Waals surface area contributed by atoms with Crippen molar-refractivity contribution < 1.29 is 0 Å². The number of hydrogen-bond acceptors (Lipinski definition) is 2. The standard InChI is InChI=1S/C4H12BN2/c1-6-4-3-5-7-2/h6-7H,3-4H2,1-2H3. The van der Waals surface area contributed by atoms with Crippen LogP contribution in [0.3, 0.4) is 0 Å². The fourth-order valence-corrected chi connectivity index (χ4v) is 0.361. The molecule has 0 heterocycles.